The van der Waals surface area contributed by atoms with Gasteiger partial charge in [-0.2, -0.15) is 0 Å². The van der Waals surface area contributed by atoms with E-state index >= 15 is 0 Å². The summed E-state index contributed by atoms with van der Waals surface area (Å²) in [7, 11) is 0. The van der Waals surface area contributed by atoms with Gasteiger partial charge in [0.05, 0.1) is 6.54 Å². The lowest BCUT2D eigenvalue weighted by Crippen LogP contribution is -2.37. The molecular weight excluding hydrogens is 298 g/mol. The Labute approximate surface area is 114 Å². The summed E-state index contributed by atoms with van der Waals surface area (Å²) in [6.07, 6.45) is 0. The number of rotatable bonds is 6. The molecule has 0 saturated carbocycles. The third-order valence-electron chi connectivity index (χ3n) is 2.10. The van der Waals surface area contributed by atoms with Crippen molar-refractivity contribution in [1.82, 2.24) is 10.6 Å². The summed E-state index contributed by atoms with van der Waals surface area (Å²) in [5.74, 6) is -0.404. The first-order valence-electron chi connectivity index (χ1n) is 5.58. The number of anilines is 1. The Hall–Kier alpha value is -1.56. The Bertz CT molecular complexity index is 424. The van der Waals surface area contributed by atoms with Crippen molar-refractivity contribution in [3.05, 3.63) is 28.7 Å². The van der Waals surface area contributed by atoms with Gasteiger partial charge in [0, 0.05) is 30.2 Å². The lowest BCUT2D eigenvalue weighted by atomic mass is 10.3. The van der Waals surface area contributed by atoms with Gasteiger partial charge in [-0.25, -0.2) is 0 Å². The lowest BCUT2D eigenvalue weighted by molar-refractivity contribution is -0.124. The van der Waals surface area contributed by atoms with E-state index in [2.05, 4.69) is 31.9 Å². The number of amides is 2. The van der Waals surface area contributed by atoms with E-state index in [1.165, 1.54) is 6.92 Å². The van der Waals surface area contributed by atoms with Crippen molar-refractivity contribution in [1.29, 1.82) is 0 Å². The van der Waals surface area contributed by atoms with Crippen LogP contribution in [0.5, 0.6) is 0 Å². The second-order valence-electron chi connectivity index (χ2n) is 3.70. The van der Waals surface area contributed by atoms with Gasteiger partial charge in [-0.3, -0.25) is 9.59 Å². The van der Waals surface area contributed by atoms with E-state index in [1.807, 2.05) is 24.3 Å². The minimum Gasteiger partial charge on any atom is -0.383 e. The fourth-order valence-electron chi connectivity index (χ4n) is 1.27. The minimum absolute atomic E-state index is 0.0201. The highest BCUT2D eigenvalue weighted by atomic mass is 79.9. The van der Waals surface area contributed by atoms with E-state index in [4.69, 9.17) is 0 Å². The third kappa shape index (κ3) is 6.24. The first-order chi connectivity index (χ1) is 8.58. The standard InChI is InChI=1S/C12H16BrN3O2/c1-9(17)16-8-12(18)15-6-5-14-11-4-2-3-10(13)7-11/h2-4,7,14H,5-6,8H2,1H3,(H,15,18)(H,16,17). The molecule has 0 aromatic heterocycles. The predicted octanol–water partition coefficient (Wildman–Crippen LogP) is 1.11. The summed E-state index contributed by atoms with van der Waals surface area (Å²) >= 11 is 3.38. The lowest BCUT2D eigenvalue weighted by Gasteiger charge is -2.08. The van der Waals surface area contributed by atoms with Crippen molar-refractivity contribution < 1.29 is 9.59 Å². The van der Waals surface area contributed by atoms with Crippen LogP contribution in [0.2, 0.25) is 0 Å². The number of nitrogens with one attached hydrogen (secondary N) is 3. The Balaban J connectivity index is 2.15. The summed E-state index contributed by atoms with van der Waals surface area (Å²) in [4.78, 5) is 21.8. The number of benzene rings is 1. The molecule has 0 spiro atoms. The average Bonchev–Trinajstić information content (AvgIpc) is 2.32. The Kier molecular flexibility index (Phi) is 6.21. The molecule has 0 aliphatic heterocycles. The van der Waals surface area contributed by atoms with Crippen LogP contribution in [0.25, 0.3) is 0 Å². The molecule has 0 radical (unpaired) electrons. The molecule has 0 fully saturated rings. The van der Waals surface area contributed by atoms with Crippen LogP contribution < -0.4 is 16.0 Å². The van der Waals surface area contributed by atoms with Crippen molar-refractivity contribution in [2.45, 2.75) is 6.92 Å². The molecule has 0 aliphatic carbocycles. The maximum Gasteiger partial charge on any atom is 0.239 e. The maximum atomic E-state index is 11.3. The van der Waals surface area contributed by atoms with Crippen molar-refractivity contribution in [3.8, 4) is 0 Å². The molecule has 6 heteroatoms. The number of hydrogen-bond donors (Lipinski definition) is 3. The summed E-state index contributed by atoms with van der Waals surface area (Å²) in [6, 6.07) is 7.78. The zero-order valence-corrected chi connectivity index (χ0v) is 11.7. The molecule has 18 heavy (non-hydrogen) atoms. The highest BCUT2D eigenvalue weighted by molar-refractivity contribution is 9.10. The van der Waals surface area contributed by atoms with Crippen LogP contribution in [0.15, 0.2) is 28.7 Å². The van der Waals surface area contributed by atoms with Crippen molar-refractivity contribution >= 4 is 33.4 Å². The van der Waals surface area contributed by atoms with Crippen LogP contribution in [0.3, 0.4) is 0 Å². The van der Waals surface area contributed by atoms with Crippen molar-refractivity contribution in [2.75, 3.05) is 25.0 Å². The molecule has 1 aromatic rings. The summed E-state index contributed by atoms with van der Waals surface area (Å²) in [5, 5.41) is 8.30. The molecule has 0 bridgehead atoms. The summed E-state index contributed by atoms with van der Waals surface area (Å²) in [6.45, 7) is 2.53. The van der Waals surface area contributed by atoms with Gasteiger partial charge in [0.15, 0.2) is 0 Å². The molecule has 1 rings (SSSR count). The van der Waals surface area contributed by atoms with Crippen LogP contribution in [0.4, 0.5) is 5.69 Å². The van der Waals surface area contributed by atoms with Gasteiger partial charge < -0.3 is 16.0 Å². The first-order valence-corrected chi connectivity index (χ1v) is 6.38. The molecule has 98 valence electrons. The van der Waals surface area contributed by atoms with E-state index in [-0.39, 0.29) is 18.4 Å². The highest BCUT2D eigenvalue weighted by Gasteiger charge is 2.00. The maximum absolute atomic E-state index is 11.3. The zero-order chi connectivity index (χ0) is 13.4. The smallest absolute Gasteiger partial charge is 0.239 e. The molecule has 3 N–H and O–H groups in total. The third-order valence-corrected chi connectivity index (χ3v) is 2.59. The second kappa shape index (κ2) is 7.71. The molecule has 0 aliphatic rings. The molecule has 0 saturated heterocycles. The van der Waals surface area contributed by atoms with Crippen molar-refractivity contribution in [2.24, 2.45) is 0 Å². The fraction of sp³-hybridized carbons (Fsp3) is 0.333. The van der Waals surface area contributed by atoms with Gasteiger partial charge in [-0.05, 0) is 18.2 Å². The number of carbonyl (C=O) groups excluding carboxylic acids is 2. The van der Waals surface area contributed by atoms with Crippen LogP contribution >= 0.6 is 15.9 Å². The molecule has 0 unspecified atom stereocenters. The Morgan fingerprint density at radius 3 is 2.67 bits per heavy atom. The van der Waals surface area contributed by atoms with E-state index in [0.29, 0.717) is 13.1 Å². The molecule has 0 heterocycles. The van der Waals surface area contributed by atoms with E-state index in [1.54, 1.807) is 0 Å². The van der Waals surface area contributed by atoms with Gasteiger partial charge in [0.1, 0.15) is 0 Å². The Morgan fingerprint density at radius 2 is 2.00 bits per heavy atom. The molecule has 0 atom stereocenters. The fourth-order valence-corrected chi connectivity index (χ4v) is 1.67. The van der Waals surface area contributed by atoms with Gasteiger partial charge >= 0.3 is 0 Å². The first kappa shape index (κ1) is 14.5. The SMILES string of the molecule is CC(=O)NCC(=O)NCCNc1cccc(Br)c1. The number of carbonyl (C=O) groups is 2. The summed E-state index contributed by atoms with van der Waals surface area (Å²) < 4.78 is 1.00. The molecule has 5 nitrogen and oxygen atoms in total. The van der Waals surface area contributed by atoms with Crippen LogP contribution in [0, 0.1) is 0 Å². The molecular formula is C12H16BrN3O2. The van der Waals surface area contributed by atoms with Gasteiger partial charge in [-0.15, -0.1) is 0 Å². The van der Waals surface area contributed by atoms with Crippen LogP contribution in [0.1, 0.15) is 6.92 Å². The van der Waals surface area contributed by atoms with E-state index in [0.717, 1.165) is 10.2 Å². The average molecular weight is 314 g/mol. The number of halogens is 1. The van der Waals surface area contributed by atoms with E-state index in [9.17, 15) is 9.59 Å². The summed E-state index contributed by atoms with van der Waals surface area (Å²) in [5.41, 5.74) is 0.987. The van der Waals surface area contributed by atoms with Crippen molar-refractivity contribution in [3.63, 3.8) is 0 Å². The van der Waals surface area contributed by atoms with Crippen LogP contribution in [-0.4, -0.2) is 31.4 Å². The molecule has 2 amide bonds. The quantitative estimate of drug-likeness (QED) is 0.689. The second-order valence-corrected chi connectivity index (χ2v) is 4.61. The molecule has 1 aromatic carbocycles. The number of hydrogen-bond acceptors (Lipinski definition) is 3. The minimum atomic E-state index is -0.211. The largest absolute Gasteiger partial charge is 0.383 e. The van der Waals surface area contributed by atoms with E-state index < -0.39 is 0 Å². The van der Waals surface area contributed by atoms with Gasteiger partial charge in [0.2, 0.25) is 11.8 Å². The topological polar surface area (TPSA) is 70.2 Å². The predicted molar refractivity (Wildman–Crippen MR) is 74.3 cm³/mol. The van der Waals surface area contributed by atoms with Crippen LogP contribution in [-0.2, 0) is 9.59 Å². The Morgan fingerprint density at radius 1 is 1.22 bits per heavy atom. The van der Waals surface area contributed by atoms with Gasteiger partial charge in [0.25, 0.3) is 0 Å². The normalized spacial score (nSPS) is 9.67. The van der Waals surface area contributed by atoms with Gasteiger partial charge in [-0.1, -0.05) is 22.0 Å². The zero-order valence-electron chi connectivity index (χ0n) is 10.1. The highest BCUT2D eigenvalue weighted by Crippen LogP contribution is 2.14. The monoisotopic (exact) mass is 313 g/mol.